The number of carbonyl (C=O) groups is 2. The van der Waals surface area contributed by atoms with E-state index in [4.69, 9.17) is 0 Å². The first-order chi connectivity index (χ1) is 7.70. The number of carbonyl (C=O) groups excluding carboxylic acids is 2. The van der Waals surface area contributed by atoms with Crippen LogP contribution in [0.3, 0.4) is 0 Å². The average molecular weight is 224 g/mol. The summed E-state index contributed by atoms with van der Waals surface area (Å²) in [6.07, 6.45) is 11.1. The van der Waals surface area contributed by atoms with Crippen LogP contribution in [0.25, 0.3) is 0 Å². The van der Waals surface area contributed by atoms with E-state index in [1.807, 2.05) is 12.2 Å². The van der Waals surface area contributed by atoms with Crippen LogP contribution in [-0.2, 0) is 14.3 Å². The predicted octanol–water partition coefficient (Wildman–Crippen LogP) is 2.81. The molecule has 0 aromatic heterocycles. The summed E-state index contributed by atoms with van der Waals surface area (Å²) in [5.41, 5.74) is 0. The maximum absolute atomic E-state index is 11.2. The van der Waals surface area contributed by atoms with Crippen LogP contribution in [0.15, 0.2) is 24.3 Å². The molecule has 0 aliphatic rings. The summed E-state index contributed by atoms with van der Waals surface area (Å²) in [5.74, 6) is -0.527. The Hall–Kier alpha value is -1.38. The number of rotatable bonds is 8. The summed E-state index contributed by atoms with van der Waals surface area (Å²) in [5, 5.41) is 0. The Morgan fingerprint density at radius 3 is 2.44 bits per heavy atom. The van der Waals surface area contributed by atoms with Crippen LogP contribution in [0.4, 0.5) is 0 Å². The zero-order valence-electron chi connectivity index (χ0n) is 10.1. The lowest BCUT2D eigenvalue weighted by atomic mass is 10.1. The SMILES string of the molecule is CC/C=C\C/C=C\CCC(=O)CC(=O)OC. The molecule has 0 radical (unpaired) electrons. The number of Topliss-reactive ketones (excluding diaryl/α,β-unsaturated/α-hetero) is 1. The lowest BCUT2D eigenvalue weighted by molar-refractivity contribution is -0.143. The Balaban J connectivity index is 3.54. The van der Waals surface area contributed by atoms with Gasteiger partial charge in [-0.15, -0.1) is 0 Å². The third-order valence-electron chi connectivity index (χ3n) is 2.00. The second-order valence-corrected chi connectivity index (χ2v) is 3.42. The molecule has 0 heterocycles. The standard InChI is InChI=1S/C13H20O3/c1-3-4-5-6-7-8-9-10-12(14)11-13(15)16-2/h4-5,7-8H,3,6,9-11H2,1-2H3/b5-4-,8-7-. The molecule has 0 saturated heterocycles. The molecular weight excluding hydrogens is 204 g/mol. The Morgan fingerprint density at radius 2 is 1.81 bits per heavy atom. The average Bonchev–Trinajstić information content (AvgIpc) is 2.27. The first kappa shape index (κ1) is 14.6. The summed E-state index contributed by atoms with van der Waals surface area (Å²) < 4.78 is 4.41. The van der Waals surface area contributed by atoms with Crippen LogP contribution in [-0.4, -0.2) is 18.9 Å². The second-order valence-electron chi connectivity index (χ2n) is 3.42. The van der Waals surface area contributed by atoms with Gasteiger partial charge in [-0.05, 0) is 19.3 Å². The maximum Gasteiger partial charge on any atom is 0.313 e. The van der Waals surface area contributed by atoms with Gasteiger partial charge in [-0.25, -0.2) is 0 Å². The van der Waals surface area contributed by atoms with E-state index in [-0.39, 0.29) is 12.2 Å². The minimum atomic E-state index is -0.458. The van der Waals surface area contributed by atoms with E-state index in [0.717, 1.165) is 12.8 Å². The van der Waals surface area contributed by atoms with Crippen LogP contribution in [0.2, 0.25) is 0 Å². The number of hydrogen-bond donors (Lipinski definition) is 0. The third kappa shape index (κ3) is 9.19. The van der Waals surface area contributed by atoms with Gasteiger partial charge in [-0.1, -0.05) is 31.2 Å². The molecule has 0 fully saturated rings. The molecule has 0 rings (SSSR count). The van der Waals surface area contributed by atoms with Gasteiger partial charge >= 0.3 is 5.97 Å². The van der Waals surface area contributed by atoms with Gasteiger partial charge < -0.3 is 4.74 Å². The van der Waals surface area contributed by atoms with Gasteiger partial charge in [0.05, 0.1) is 7.11 Å². The van der Waals surface area contributed by atoms with E-state index in [0.29, 0.717) is 12.8 Å². The van der Waals surface area contributed by atoms with Crippen LogP contribution in [0.5, 0.6) is 0 Å². The fourth-order valence-electron chi connectivity index (χ4n) is 1.12. The van der Waals surface area contributed by atoms with E-state index in [9.17, 15) is 9.59 Å². The monoisotopic (exact) mass is 224 g/mol. The van der Waals surface area contributed by atoms with Gasteiger partial charge in [-0.2, -0.15) is 0 Å². The topological polar surface area (TPSA) is 43.4 Å². The van der Waals surface area contributed by atoms with E-state index in [2.05, 4.69) is 23.8 Å². The molecule has 0 amide bonds. The summed E-state index contributed by atoms with van der Waals surface area (Å²) in [4.78, 5) is 22.0. The van der Waals surface area contributed by atoms with Crippen LogP contribution < -0.4 is 0 Å². The molecule has 0 aromatic carbocycles. The van der Waals surface area contributed by atoms with Crippen molar-refractivity contribution >= 4 is 11.8 Å². The van der Waals surface area contributed by atoms with Crippen molar-refractivity contribution in [3.63, 3.8) is 0 Å². The quantitative estimate of drug-likeness (QED) is 0.362. The number of allylic oxidation sites excluding steroid dienone is 4. The zero-order valence-corrected chi connectivity index (χ0v) is 10.1. The lowest BCUT2D eigenvalue weighted by Gasteiger charge is -1.96. The third-order valence-corrected chi connectivity index (χ3v) is 2.00. The van der Waals surface area contributed by atoms with Crippen LogP contribution >= 0.6 is 0 Å². The minimum Gasteiger partial charge on any atom is -0.469 e. The fraction of sp³-hybridized carbons (Fsp3) is 0.538. The van der Waals surface area contributed by atoms with Crippen LogP contribution in [0, 0.1) is 0 Å². The highest BCUT2D eigenvalue weighted by atomic mass is 16.5. The Labute approximate surface area is 97.2 Å². The van der Waals surface area contributed by atoms with Gasteiger partial charge in [-0.3, -0.25) is 9.59 Å². The van der Waals surface area contributed by atoms with Crippen molar-refractivity contribution in [3.05, 3.63) is 24.3 Å². The molecule has 0 unspecified atom stereocenters. The zero-order chi connectivity index (χ0) is 12.2. The van der Waals surface area contributed by atoms with Gasteiger partial charge in [0.2, 0.25) is 0 Å². The molecule has 0 atom stereocenters. The Bertz CT molecular complexity index is 264. The number of methoxy groups -OCH3 is 1. The molecular formula is C13H20O3. The molecule has 90 valence electrons. The summed E-state index contributed by atoms with van der Waals surface area (Å²) in [6.45, 7) is 2.09. The van der Waals surface area contributed by atoms with E-state index in [1.54, 1.807) is 0 Å². The Morgan fingerprint density at radius 1 is 1.12 bits per heavy atom. The molecule has 16 heavy (non-hydrogen) atoms. The van der Waals surface area contributed by atoms with Crippen molar-refractivity contribution in [3.8, 4) is 0 Å². The van der Waals surface area contributed by atoms with Crippen molar-refractivity contribution in [1.29, 1.82) is 0 Å². The highest BCUT2D eigenvalue weighted by Crippen LogP contribution is 1.99. The van der Waals surface area contributed by atoms with Crippen molar-refractivity contribution < 1.29 is 14.3 Å². The highest BCUT2D eigenvalue weighted by molar-refractivity contribution is 5.95. The van der Waals surface area contributed by atoms with Crippen molar-refractivity contribution in [2.45, 2.75) is 39.0 Å². The predicted molar refractivity (Wildman–Crippen MR) is 64.1 cm³/mol. The van der Waals surface area contributed by atoms with Crippen molar-refractivity contribution in [2.24, 2.45) is 0 Å². The molecule has 0 saturated carbocycles. The number of ether oxygens (including phenoxy) is 1. The first-order valence-electron chi connectivity index (χ1n) is 5.59. The Kier molecular flexibility index (Phi) is 9.27. The molecule has 0 aliphatic heterocycles. The molecule has 0 bridgehead atoms. The minimum absolute atomic E-state index is 0.0689. The van der Waals surface area contributed by atoms with Gasteiger partial charge in [0.25, 0.3) is 0 Å². The fourth-order valence-corrected chi connectivity index (χ4v) is 1.12. The van der Waals surface area contributed by atoms with E-state index in [1.165, 1.54) is 7.11 Å². The van der Waals surface area contributed by atoms with Gasteiger partial charge in [0, 0.05) is 6.42 Å². The first-order valence-corrected chi connectivity index (χ1v) is 5.59. The summed E-state index contributed by atoms with van der Waals surface area (Å²) >= 11 is 0. The normalized spacial score (nSPS) is 11.1. The molecule has 0 spiro atoms. The summed E-state index contributed by atoms with van der Waals surface area (Å²) in [6, 6.07) is 0. The molecule has 0 aromatic rings. The molecule has 3 heteroatoms. The smallest absolute Gasteiger partial charge is 0.313 e. The lowest BCUT2D eigenvalue weighted by Crippen LogP contribution is -2.08. The van der Waals surface area contributed by atoms with Gasteiger partial charge in [0.1, 0.15) is 12.2 Å². The molecule has 0 aliphatic carbocycles. The largest absolute Gasteiger partial charge is 0.469 e. The molecule has 3 nitrogen and oxygen atoms in total. The number of ketones is 1. The molecule has 0 N–H and O–H groups in total. The number of esters is 1. The number of hydrogen-bond acceptors (Lipinski definition) is 3. The highest BCUT2D eigenvalue weighted by Gasteiger charge is 2.07. The van der Waals surface area contributed by atoms with Crippen molar-refractivity contribution in [1.82, 2.24) is 0 Å². The summed E-state index contributed by atoms with van der Waals surface area (Å²) in [7, 11) is 1.29. The van der Waals surface area contributed by atoms with Crippen molar-refractivity contribution in [2.75, 3.05) is 7.11 Å². The maximum atomic E-state index is 11.2. The second kappa shape index (κ2) is 10.1. The van der Waals surface area contributed by atoms with Crippen LogP contribution in [0.1, 0.15) is 39.0 Å². The van der Waals surface area contributed by atoms with Gasteiger partial charge in [0.15, 0.2) is 0 Å². The van der Waals surface area contributed by atoms with E-state index >= 15 is 0 Å². The van der Waals surface area contributed by atoms with E-state index < -0.39 is 5.97 Å².